The molecule has 2 heterocycles. The Morgan fingerprint density at radius 2 is 1.95 bits per heavy atom. The number of carbonyl (C=O) groups is 2. The molecule has 3 amide bonds. The summed E-state index contributed by atoms with van der Waals surface area (Å²) >= 11 is 0. The minimum atomic E-state index is -0.438. The van der Waals surface area contributed by atoms with Gasteiger partial charge in [-0.2, -0.15) is 0 Å². The summed E-state index contributed by atoms with van der Waals surface area (Å²) < 4.78 is 5.57. The smallest absolute Gasteiger partial charge is 0.329 e. The van der Waals surface area contributed by atoms with Gasteiger partial charge in [-0.1, -0.05) is 18.2 Å². The van der Waals surface area contributed by atoms with Crippen LogP contribution in [0.5, 0.6) is 11.6 Å². The number of carbonyl (C=O) groups excluding carboxylic acids is 2. The number of hydrogen-bond acceptors (Lipinski definition) is 4. The molecule has 0 unspecified atom stereocenters. The first kappa shape index (κ1) is 12.2. The SMILES string of the molecule is O=C1CNC(=O)N1c1ccnc(Oc2ccccc2)c1. The molecule has 1 N–H and O–H groups in total. The number of ether oxygens (including phenoxy) is 1. The highest BCUT2D eigenvalue weighted by Gasteiger charge is 2.30. The second kappa shape index (κ2) is 5.00. The van der Waals surface area contributed by atoms with Crippen LogP contribution in [0, 0.1) is 0 Å². The molecule has 0 atom stereocenters. The van der Waals surface area contributed by atoms with E-state index in [4.69, 9.17) is 4.74 Å². The molecular formula is C14H11N3O3. The molecule has 6 nitrogen and oxygen atoms in total. The second-order valence-electron chi connectivity index (χ2n) is 4.16. The van der Waals surface area contributed by atoms with Crippen molar-refractivity contribution >= 4 is 17.6 Å². The van der Waals surface area contributed by atoms with E-state index in [1.54, 1.807) is 24.3 Å². The lowest BCUT2D eigenvalue weighted by Gasteiger charge is -2.13. The summed E-state index contributed by atoms with van der Waals surface area (Å²) in [6.07, 6.45) is 1.49. The molecule has 1 aliphatic rings. The Bertz CT molecular complexity index is 642. The van der Waals surface area contributed by atoms with Crippen molar-refractivity contribution in [3.05, 3.63) is 48.7 Å². The van der Waals surface area contributed by atoms with Gasteiger partial charge in [-0.15, -0.1) is 0 Å². The fraction of sp³-hybridized carbons (Fsp3) is 0.0714. The molecular weight excluding hydrogens is 258 g/mol. The lowest BCUT2D eigenvalue weighted by molar-refractivity contribution is -0.115. The highest BCUT2D eigenvalue weighted by Crippen LogP contribution is 2.24. The second-order valence-corrected chi connectivity index (χ2v) is 4.16. The van der Waals surface area contributed by atoms with Crippen molar-refractivity contribution in [2.75, 3.05) is 11.4 Å². The number of hydrogen-bond donors (Lipinski definition) is 1. The first-order valence-corrected chi connectivity index (χ1v) is 6.04. The van der Waals surface area contributed by atoms with Gasteiger partial charge in [0, 0.05) is 12.3 Å². The Hall–Kier alpha value is -2.89. The van der Waals surface area contributed by atoms with Crippen molar-refractivity contribution < 1.29 is 14.3 Å². The number of urea groups is 1. The maximum absolute atomic E-state index is 11.6. The molecule has 100 valence electrons. The Morgan fingerprint density at radius 1 is 1.15 bits per heavy atom. The van der Waals surface area contributed by atoms with Gasteiger partial charge >= 0.3 is 6.03 Å². The number of benzene rings is 1. The van der Waals surface area contributed by atoms with Crippen LogP contribution in [0.4, 0.5) is 10.5 Å². The molecule has 20 heavy (non-hydrogen) atoms. The molecule has 0 bridgehead atoms. The Balaban J connectivity index is 1.86. The number of nitrogens with one attached hydrogen (secondary N) is 1. The lowest BCUT2D eigenvalue weighted by atomic mass is 10.3. The number of para-hydroxylation sites is 1. The van der Waals surface area contributed by atoms with Crippen LogP contribution < -0.4 is 15.0 Å². The van der Waals surface area contributed by atoms with Gasteiger partial charge in [-0.3, -0.25) is 4.79 Å². The monoisotopic (exact) mass is 269 g/mol. The topological polar surface area (TPSA) is 71.5 Å². The zero-order valence-corrected chi connectivity index (χ0v) is 10.4. The van der Waals surface area contributed by atoms with E-state index in [1.807, 2.05) is 18.2 Å². The quantitative estimate of drug-likeness (QED) is 0.864. The minimum Gasteiger partial charge on any atom is -0.439 e. The molecule has 2 aromatic rings. The molecule has 0 radical (unpaired) electrons. The first-order chi connectivity index (χ1) is 9.74. The highest BCUT2D eigenvalue weighted by atomic mass is 16.5. The lowest BCUT2D eigenvalue weighted by Crippen LogP contribution is -2.30. The van der Waals surface area contributed by atoms with Crippen LogP contribution in [0.15, 0.2) is 48.7 Å². The van der Waals surface area contributed by atoms with Gasteiger partial charge in [0.25, 0.3) is 5.91 Å². The van der Waals surface area contributed by atoms with Gasteiger partial charge < -0.3 is 10.1 Å². The van der Waals surface area contributed by atoms with E-state index in [1.165, 1.54) is 6.20 Å². The summed E-state index contributed by atoms with van der Waals surface area (Å²) in [5, 5.41) is 2.46. The fourth-order valence-corrected chi connectivity index (χ4v) is 1.89. The van der Waals surface area contributed by atoms with E-state index in [2.05, 4.69) is 10.3 Å². The van der Waals surface area contributed by atoms with E-state index in [9.17, 15) is 9.59 Å². The van der Waals surface area contributed by atoms with E-state index >= 15 is 0 Å². The van der Waals surface area contributed by atoms with Crippen molar-refractivity contribution in [3.63, 3.8) is 0 Å². The van der Waals surface area contributed by atoms with E-state index in [0.29, 0.717) is 17.3 Å². The minimum absolute atomic E-state index is 0.00995. The number of pyridine rings is 1. The number of anilines is 1. The molecule has 1 fully saturated rings. The molecule has 6 heteroatoms. The van der Waals surface area contributed by atoms with Crippen molar-refractivity contribution in [2.24, 2.45) is 0 Å². The molecule has 0 saturated carbocycles. The van der Waals surface area contributed by atoms with Gasteiger partial charge in [0.15, 0.2) is 0 Å². The van der Waals surface area contributed by atoms with Crippen molar-refractivity contribution in [1.82, 2.24) is 10.3 Å². The normalized spacial score (nSPS) is 14.3. The van der Waals surface area contributed by atoms with Crippen LogP contribution in [-0.4, -0.2) is 23.5 Å². The zero-order valence-electron chi connectivity index (χ0n) is 10.4. The first-order valence-electron chi connectivity index (χ1n) is 6.04. The van der Waals surface area contributed by atoms with Gasteiger partial charge in [0.2, 0.25) is 5.88 Å². The zero-order chi connectivity index (χ0) is 13.9. The van der Waals surface area contributed by atoms with Crippen LogP contribution in [0.3, 0.4) is 0 Å². The predicted octanol–water partition coefficient (Wildman–Crippen LogP) is 1.93. The standard InChI is InChI=1S/C14H11N3O3/c18-13-9-16-14(19)17(13)10-6-7-15-12(8-10)20-11-4-2-1-3-5-11/h1-8H,9H2,(H,16,19). The average Bonchev–Trinajstić information content (AvgIpc) is 2.80. The third-order valence-corrected chi connectivity index (χ3v) is 2.79. The summed E-state index contributed by atoms with van der Waals surface area (Å²) in [4.78, 5) is 28.4. The van der Waals surface area contributed by atoms with Crippen LogP contribution >= 0.6 is 0 Å². The van der Waals surface area contributed by atoms with Crippen LogP contribution in [0.2, 0.25) is 0 Å². The molecule has 3 rings (SSSR count). The van der Waals surface area contributed by atoms with Crippen LogP contribution in [0.25, 0.3) is 0 Å². The molecule has 0 aliphatic carbocycles. The van der Waals surface area contributed by atoms with E-state index in [0.717, 1.165) is 4.90 Å². The fourth-order valence-electron chi connectivity index (χ4n) is 1.89. The van der Waals surface area contributed by atoms with Crippen molar-refractivity contribution in [2.45, 2.75) is 0 Å². The van der Waals surface area contributed by atoms with Gasteiger partial charge in [0.1, 0.15) is 5.75 Å². The molecule has 1 aromatic carbocycles. The summed E-state index contributed by atoms with van der Waals surface area (Å²) in [5.41, 5.74) is 0.436. The van der Waals surface area contributed by atoms with Crippen molar-refractivity contribution in [3.8, 4) is 11.6 Å². The maximum Gasteiger partial charge on any atom is 0.329 e. The molecule has 1 aromatic heterocycles. The van der Waals surface area contributed by atoms with Gasteiger partial charge in [0.05, 0.1) is 12.2 Å². The van der Waals surface area contributed by atoms with Gasteiger partial charge in [-0.05, 0) is 18.2 Å². The molecule has 1 aliphatic heterocycles. The summed E-state index contributed by atoms with van der Waals surface area (Å²) in [6, 6.07) is 11.9. The van der Waals surface area contributed by atoms with Gasteiger partial charge in [-0.25, -0.2) is 14.7 Å². The third-order valence-electron chi connectivity index (χ3n) is 2.79. The maximum atomic E-state index is 11.6. The van der Waals surface area contributed by atoms with E-state index < -0.39 is 6.03 Å². The number of nitrogens with zero attached hydrogens (tertiary/aromatic N) is 2. The average molecular weight is 269 g/mol. The van der Waals surface area contributed by atoms with Crippen LogP contribution in [0.1, 0.15) is 0 Å². The number of aromatic nitrogens is 1. The molecule has 0 spiro atoms. The number of rotatable bonds is 3. The summed E-state index contributed by atoms with van der Waals surface area (Å²) in [5.74, 6) is 0.655. The number of imide groups is 1. The molecule has 1 saturated heterocycles. The predicted molar refractivity (Wildman–Crippen MR) is 71.6 cm³/mol. The Kier molecular flexibility index (Phi) is 3.04. The van der Waals surface area contributed by atoms with Crippen LogP contribution in [-0.2, 0) is 4.79 Å². The Morgan fingerprint density at radius 3 is 2.65 bits per heavy atom. The summed E-state index contributed by atoms with van der Waals surface area (Å²) in [6.45, 7) is 0.00995. The summed E-state index contributed by atoms with van der Waals surface area (Å²) in [7, 11) is 0. The largest absolute Gasteiger partial charge is 0.439 e. The van der Waals surface area contributed by atoms with Crippen molar-refractivity contribution in [1.29, 1.82) is 0 Å². The van der Waals surface area contributed by atoms with E-state index in [-0.39, 0.29) is 12.5 Å². The Labute approximate surface area is 115 Å². The number of amides is 3. The third kappa shape index (κ3) is 2.31. The highest BCUT2D eigenvalue weighted by molar-refractivity contribution is 6.19.